The van der Waals surface area contributed by atoms with Gasteiger partial charge >= 0.3 is 0 Å². The molecule has 0 fully saturated rings. The first-order chi connectivity index (χ1) is 2.83. The van der Waals surface area contributed by atoms with Gasteiger partial charge in [-0.2, -0.15) is 10.8 Å². The zero-order valence-electron chi connectivity index (χ0n) is 3.46. The molecule has 0 aromatic heterocycles. The minimum absolute atomic E-state index is 0. The van der Waals surface area contributed by atoms with Crippen molar-refractivity contribution in [3.63, 3.8) is 0 Å². The molecule has 0 radical (unpaired) electrons. The van der Waals surface area contributed by atoms with Crippen molar-refractivity contribution in [3.05, 3.63) is 0 Å². The topological polar surface area (TPSA) is 87.9 Å². The van der Waals surface area contributed by atoms with Gasteiger partial charge in [0.1, 0.15) is 5.40 Å². The van der Waals surface area contributed by atoms with Gasteiger partial charge in [-0.25, -0.2) is 0 Å². The van der Waals surface area contributed by atoms with Crippen molar-refractivity contribution in [2.24, 2.45) is 11.7 Å². The molecule has 0 aliphatic heterocycles. The summed E-state index contributed by atoms with van der Waals surface area (Å²) >= 11 is 3.09. The first-order valence-corrected chi connectivity index (χ1v) is 1.47. The van der Waals surface area contributed by atoms with Crippen LogP contribution in [0.15, 0.2) is 0 Å². The number of thiocyanates is 1. The largest absolute Gasteiger partial charge is 0.258 e. The third-order valence-electron chi connectivity index (χ3n) is 0. The maximum atomic E-state index is 7.18. The second-order valence-electron chi connectivity index (χ2n) is 0.267. The van der Waals surface area contributed by atoms with E-state index in [0.717, 1.165) is 0 Å². The summed E-state index contributed by atoms with van der Waals surface area (Å²) in [6.45, 7) is 0. The Labute approximate surface area is 58.3 Å². The Balaban J connectivity index is -0.0000000400. The maximum Gasteiger partial charge on any atom is 0.130 e. The van der Waals surface area contributed by atoms with Gasteiger partial charge in [0.2, 0.25) is 0 Å². The summed E-state index contributed by atoms with van der Waals surface area (Å²) in [5.74, 6) is 8.75. The van der Waals surface area contributed by atoms with Crippen molar-refractivity contribution in [2.75, 3.05) is 0 Å². The van der Waals surface area contributed by atoms with Gasteiger partial charge in [0.15, 0.2) is 0 Å². The van der Waals surface area contributed by atoms with E-state index in [9.17, 15) is 0 Å². The molecule has 0 rings (SSSR count). The average Bonchev–Trinajstić information content (AvgIpc) is 1.39. The molecular formula is CH6CrN4S. The molecule has 7 heavy (non-hydrogen) atoms. The molecule has 4 nitrogen and oxygen atoms in total. The number of rotatable bonds is 0. The third kappa shape index (κ3) is 1770. The molecular weight excluding hydrogens is 152 g/mol. The fraction of sp³-hybridized carbons (Fsp3) is 0. The van der Waals surface area contributed by atoms with Crippen LogP contribution in [0.4, 0.5) is 0 Å². The number of nitriles is 1. The summed E-state index contributed by atoms with van der Waals surface area (Å²) in [5.41, 5.74) is 1.75. The molecule has 0 heterocycles. The van der Waals surface area contributed by atoms with E-state index in [1.54, 1.807) is 5.53 Å². The monoisotopic (exact) mass is 158 g/mol. The Morgan fingerprint density at radius 3 is 1.57 bits per heavy atom. The van der Waals surface area contributed by atoms with Crippen LogP contribution in [0.5, 0.6) is 0 Å². The Morgan fingerprint density at radius 2 is 1.57 bits per heavy atom. The van der Waals surface area contributed by atoms with Crippen LogP contribution in [0.25, 0.3) is 0 Å². The molecule has 0 saturated heterocycles. The van der Waals surface area contributed by atoms with Crippen LogP contribution in [-0.4, -0.2) is 0 Å². The minimum Gasteiger partial charge on any atom is -0.258 e. The number of nitrogens with two attached hydrogens (primary N) is 2. The SMILES string of the molecule is N#CS.NNN.[Cr]. The number of hydrogen-bond donors (Lipinski definition) is 4. The second kappa shape index (κ2) is 34.0. The minimum atomic E-state index is 0. The smallest absolute Gasteiger partial charge is 0.130 e. The number of nitrogens with one attached hydrogen (secondary N) is 1. The average molecular weight is 158 g/mol. The second-order valence-corrected chi connectivity index (χ2v) is 0.467. The van der Waals surface area contributed by atoms with Crippen molar-refractivity contribution >= 4 is 12.6 Å². The first kappa shape index (κ1) is 15.7. The number of hydrazine groups is 2. The molecule has 5 N–H and O–H groups in total. The summed E-state index contributed by atoms with van der Waals surface area (Å²) in [7, 11) is 0. The van der Waals surface area contributed by atoms with E-state index in [1.165, 1.54) is 5.40 Å². The molecule has 0 bridgehead atoms. The van der Waals surface area contributed by atoms with Gasteiger partial charge in [-0.1, -0.05) is 12.6 Å². The number of nitrogens with zero attached hydrogens (tertiary/aromatic N) is 1. The summed E-state index contributed by atoms with van der Waals surface area (Å²) in [4.78, 5) is 0. The summed E-state index contributed by atoms with van der Waals surface area (Å²) < 4.78 is 0. The van der Waals surface area contributed by atoms with Crippen molar-refractivity contribution in [1.82, 2.24) is 5.53 Å². The maximum absolute atomic E-state index is 7.18. The van der Waals surface area contributed by atoms with Gasteiger partial charge in [-0.05, 0) is 0 Å². The number of thiol groups is 1. The molecule has 0 aliphatic carbocycles. The standard InChI is InChI=1S/CHNS.Cr.H5N3/c2-1-3;;1-3-2/h3H;;3H,1-2H2. The van der Waals surface area contributed by atoms with Crippen LogP contribution in [0.1, 0.15) is 0 Å². The van der Waals surface area contributed by atoms with Gasteiger partial charge in [-0.15, -0.1) is 0 Å². The van der Waals surface area contributed by atoms with Gasteiger partial charge < -0.3 is 0 Å². The van der Waals surface area contributed by atoms with Gasteiger partial charge in [0, 0.05) is 17.4 Å². The van der Waals surface area contributed by atoms with E-state index < -0.39 is 0 Å². The third-order valence-corrected chi connectivity index (χ3v) is 0. The predicted molar refractivity (Wildman–Crippen MR) is 26.1 cm³/mol. The molecule has 0 atom stereocenters. The Hall–Kier alpha value is 0.252. The molecule has 6 heteroatoms. The quantitative estimate of drug-likeness (QED) is 0.153. The molecule has 0 aliphatic rings. The molecule has 0 aromatic rings. The van der Waals surface area contributed by atoms with Gasteiger partial charge in [0.25, 0.3) is 0 Å². The fourth-order valence-electron chi connectivity index (χ4n) is 0. The van der Waals surface area contributed by atoms with Crippen LogP contribution in [0.3, 0.4) is 0 Å². The molecule has 42 valence electrons. The van der Waals surface area contributed by atoms with Crippen molar-refractivity contribution < 1.29 is 17.4 Å². The Morgan fingerprint density at radius 1 is 1.57 bits per heavy atom. The summed E-state index contributed by atoms with van der Waals surface area (Å²) in [6, 6.07) is 0. The molecule has 0 spiro atoms. The van der Waals surface area contributed by atoms with Gasteiger partial charge in [0.05, 0.1) is 0 Å². The van der Waals surface area contributed by atoms with Crippen LogP contribution >= 0.6 is 12.6 Å². The van der Waals surface area contributed by atoms with Crippen LogP contribution in [0.2, 0.25) is 0 Å². The predicted octanol–water partition coefficient (Wildman–Crippen LogP) is -1.28. The van der Waals surface area contributed by atoms with E-state index in [4.69, 9.17) is 5.26 Å². The normalized spacial score (nSPS) is 3.71. The van der Waals surface area contributed by atoms with E-state index in [1.807, 2.05) is 0 Å². The van der Waals surface area contributed by atoms with Crippen LogP contribution < -0.4 is 17.2 Å². The zero-order chi connectivity index (χ0) is 5.41. The fourth-order valence-corrected chi connectivity index (χ4v) is 0. The first-order valence-electron chi connectivity index (χ1n) is 1.02. The van der Waals surface area contributed by atoms with Gasteiger partial charge in [-0.3, -0.25) is 11.7 Å². The molecule has 0 unspecified atom stereocenters. The summed E-state index contributed by atoms with van der Waals surface area (Å²) in [5, 5.41) is 8.63. The van der Waals surface area contributed by atoms with Crippen molar-refractivity contribution in [1.29, 1.82) is 5.26 Å². The molecule has 0 saturated carbocycles. The van der Waals surface area contributed by atoms with E-state index in [2.05, 4.69) is 24.3 Å². The molecule has 0 aromatic carbocycles. The zero-order valence-corrected chi connectivity index (χ0v) is 5.63. The Kier molecular flexibility index (Phi) is 76.1. The van der Waals surface area contributed by atoms with Crippen LogP contribution in [0, 0.1) is 10.7 Å². The van der Waals surface area contributed by atoms with Crippen molar-refractivity contribution in [3.8, 4) is 5.40 Å². The summed E-state index contributed by atoms with van der Waals surface area (Å²) in [6.07, 6.45) is 0. The van der Waals surface area contributed by atoms with Crippen LogP contribution in [-0.2, 0) is 17.4 Å². The van der Waals surface area contributed by atoms with E-state index in [-0.39, 0.29) is 17.4 Å². The van der Waals surface area contributed by atoms with E-state index in [0.29, 0.717) is 0 Å². The van der Waals surface area contributed by atoms with E-state index >= 15 is 0 Å². The molecule has 0 amide bonds. The van der Waals surface area contributed by atoms with Crippen molar-refractivity contribution in [2.45, 2.75) is 0 Å². The Bertz CT molecular complexity index is 41.4. The number of hydrogen-bond acceptors (Lipinski definition) is 5.